The van der Waals surface area contributed by atoms with Crippen molar-refractivity contribution in [1.82, 2.24) is 5.43 Å². The molecule has 0 aliphatic carbocycles. The number of anilines is 1. The van der Waals surface area contributed by atoms with E-state index in [1.54, 1.807) is 49.4 Å². The van der Waals surface area contributed by atoms with Crippen molar-refractivity contribution < 1.29 is 19.1 Å². The van der Waals surface area contributed by atoms with Gasteiger partial charge in [0.05, 0.1) is 11.3 Å². The van der Waals surface area contributed by atoms with Gasteiger partial charge in [-0.25, -0.2) is 10.2 Å². The lowest BCUT2D eigenvalue weighted by atomic mass is 10.1. The monoisotopic (exact) mass is 443 g/mol. The standard InChI is InChI=1S/C26H25N3O4/c1-16-9-12-20(13-10-16)26(32)33-23-8-6-5-7-21(23)19(4)28-29-25(31)24(30)27-22-14-11-17(2)15-18(22)3/h5-15H,1-4H3,(H,27,30)(H,29,31). The molecule has 3 aromatic rings. The van der Waals surface area contributed by atoms with Crippen LogP contribution in [0.15, 0.2) is 71.8 Å². The van der Waals surface area contributed by atoms with E-state index in [0.29, 0.717) is 28.3 Å². The van der Waals surface area contributed by atoms with E-state index in [4.69, 9.17) is 4.74 Å². The largest absolute Gasteiger partial charge is 0.422 e. The molecule has 2 amide bonds. The summed E-state index contributed by atoms with van der Waals surface area (Å²) in [6, 6.07) is 19.4. The Morgan fingerprint density at radius 3 is 2.18 bits per heavy atom. The maximum Gasteiger partial charge on any atom is 0.343 e. The predicted octanol–water partition coefficient (Wildman–Crippen LogP) is 4.31. The number of esters is 1. The maximum atomic E-state index is 12.5. The fraction of sp³-hybridized carbons (Fsp3) is 0.154. The van der Waals surface area contributed by atoms with E-state index in [-0.39, 0.29) is 0 Å². The van der Waals surface area contributed by atoms with Gasteiger partial charge in [-0.05, 0) is 63.6 Å². The molecule has 0 radical (unpaired) electrons. The topological polar surface area (TPSA) is 96.9 Å². The third kappa shape index (κ3) is 6.13. The van der Waals surface area contributed by atoms with Crippen LogP contribution in [0, 0.1) is 20.8 Å². The molecule has 2 N–H and O–H groups in total. The molecule has 0 spiro atoms. The number of para-hydroxylation sites is 1. The number of carbonyl (C=O) groups is 3. The maximum absolute atomic E-state index is 12.5. The van der Waals surface area contributed by atoms with Crippen LogP contribution in [0.2, 0.25) is 0 Å². The van der Waals surface area contributed by atoms with Crippen molar-refractivity contribution in [3.8, 4) is 5.75 Å². The highest BCUT2D eigenvalue weighted by molar-refractivity contribution is 6.39. The van der Waals surface area contributed by atoms with Crippen LogP contribution in [0.25, 0.3) is 0 Å². The summed E-state index contributed by atoms with van der Waals surface area (Å²) in [5.41, 5.74) is 7.03. The molecule has 33 heavy (non-hydrogen) atoms. The van der Waals surface area contributed by atoms with Crippen LogP contribution in [0.3, 0.4) is 0 Å². The zero-order chi connectivity index (χ0) is 24.0. The Morgan fingerprint density at radius 1 is 0.818 bits per heavy atom. The number of aryl methyl sites for hydroxylation is 3. The first kappa shape index (κ1) is 23.4. The number of hydrogen-bond donors (Lipinski definition) is 2. The fourth-order valence-electron chi connectivity index (χ4n) is 3.08. The van der Waals surface area contributed by atoms with Crippen LogP contribution in [0.1, 0.15) is 39.5 Å². The van der Waals surface area contributed by atoms with Gasteiger partial charge >= 0.3 is 17.8 Å². The number of ether oxygens (including phenoxy) is 1. The molecule has 0 saturated carbocycles. The van der Waals surface area contributed by atoms with Gasteiger partial charge in [-0.2, -0.15) is 5.10 Å². The smallest absolute Gasteiger partial charge is 0.343 e. The molecular weight excluding hydrogens is 418 g/mol. The van der Waals surface area contributed by atoms with E-state index in [1.165, 1.54) is 0 Å². The minimum absolute atomic E-state index is 0.290. The first-order chi connectivity index (χ1) is 15.7. The van der Waals surface area contributed by atoms with Gasteiger partial charge < -0.3 is 10.1 Å². The number of carbonyl (C=O) groups excluding carboxylic acids is 3. The third-order valence-electron chi connectivity index (χ3n) is 4.93. The second kappa shape index (κ2) is 10.4. The molecule has 168 valence electrons. The fourth-order valence-corrected chi connectivity index (χ4v) is 3.08. The summed E-state index contributed by atoms with van der Waals surface area (Å²) in [6.45, 7) is 7.36. The van der Waals surface area contributed by atoms with Crippen molar-refractivity contribution in [2.75, 3.05) is 5.32 Å². The zero-order valence-corrected chi connectivity index (χ0v) is 18.9. The van der Waals surface area contributed by atoms with Crippen LogP contribution in [-0.4, -0.2) is 23.5 Å². The van der Waals surface area contributed by atoms with Crippen molar-refractivity contribution in [3.05, 3.63) is 94.5 Å². The molecule has 0 unspecified atom stereocenters. The molecule has 3 aromatic carbocycles. The van der Waals surface area contributed by atoms with Gasteiger partial charge in [0.1, 0.15) is 5.75 Å². The van der Waals surface area contributed by atoms with Crippen LogP contribution < -0.4 is 15.5 Å². The highest BCUT2D eigenvalue weighted by atomic mass is 16.5. The molecule has 7 nitrogen and oxygen atoms in total. The van der Waals surface area contributed by atoms with Crippen molar-refractivity contribution in [2.45, 2.75) is 27.7 Å². The van der Waals surface area contributed by atoms with Crippen molar-refractivity contribution in [2.24, 2.45) is 5.10 Å². The molecule has 0 saturated heterocycles. The first-order valence-electron chi connectivity index (χ1n) is 10.4. The Kier molecular flexibility index (Phi) is 7.35. The molecule has 0 heterocycles. The molecule has 0 aromatic heterocycles. The van der Waals surface area contributed by atoms with Gasteiger partial charge in [0.25, 0.3) is 0 Å². The van der Waals surface area contributed by atoms with E-state index in [0.717, 1.165) is 16.7 Å². The summed E-state index contributed by atoms with van der Waals surface area (Å²) in [7, 11) is 0. The summed E-state index contributed by atoms with van der Waals surface area (Å²) in [6.07, 6.45) is 0. The van der Waals surface area contributed by atoms with Crippen LogP contribution in [-0.2, 0) is 9.59 Å². The molecule has 0 atom stereocenters. The number of hydrogen-bond acceptors (Lipinski definition) is 5. The summed E-state index contributed by atoms with van der Waals surface area (Å²) < 4.78 is 5.54. The van der Waals surface area contributed by atoms with Gasteiger partial charge in [-0.15, -0.1) is 0 Å². The van der Waals surface area contributed by atoms with E-state index < -0.39 is 17.8 Å². The third-order valence-corrected chi connectivity index (χ3v) is 4.93. The number of amides is 2. The Morgan fingerprint density at radius 2 is 1.48 bits per heavy atom. The van der Waals surface area contributed by atoms with Crippen molar-refractivity contribution >= 4 is 29.2 Å². The number of hydrazone groups is 1. The summed E-state index contributed by atoms with van der Waals surface area (Å²) in [5, 5.41) is 6.58. The van der Waals surface area contributed by atoms with E-state index in [1.807, 2.05) is 45.0 Å². The molecular formula is C26H25N3O4. The second-order valence-electron chi connectivity index (χ2n) is 7.66. The zero-order valence-electron chi connectivity index (χ0n) is 18.9. The average molecular weight is 444 g/mol. The number of nitrogens with one attached hydrogen (secondary N) is 2. The quantitative estimate of drug-likeness (QED) is 0.202. The van der Waals surface area contributed by atoms with Crippen molar-refractivity contribution in [3.63, 3.8) is 0 Å². The Balaban J connectivity index is 1.69. The minimum atomic E-state index is -0.913. The van der Waals surface area contributed by atoms with Crippen LogP contribution in [0.5, 0.6) is 5.75 Å². The number of nitrogens with zero attached hydrogens (tertiary/aromatic N) is 1. The first-order valence-corrected chi connectivity index (χ1v) is 10.4. The highest BCUT2D eigenvalue weighted by Gasteiger charge is 2.16. The molecule has 0 fully saturated rings. The molecule has 7 heteroatoms. The van der Waals surface area contributed by atoms with Gasteiger partial charge in [-0.3, -0.25) is 9.59 Å². The van der Waals surface area contributed by atoms with Crippen LogP contribution in [0.4, 0.5) is 5.69 Å². The van der Waals surface area contributed by atoms with Gasteiger partial charge in [0.2, 0.25) is 0 Å². The van der Waals surface area contributed by atoms with Gasteiger partial charge in [-0.1, -0.05) is 47.5 Å². The normalized spacial score (nSPS) is 11.0. The van der Waals surface area contributed by atoms with Crippen molar-refractivity contribution in [1.29, 1.82) is 0 Å². The predicted molar refractivity (Wildman–Crippen MR) is 127 cm³/mol. The van der Waals surface area contributed by atoms with E-state index >= 15 is 0 Å². The lowest BCUT2D eigenvalue weighted by Crippen LogP contribution is -2.33. The van der Waals surface area contributed by atoms with E-state index in [2.05, 4.69) is 15.8 Å². The number of rotatable bonds is 5. The highest BCUT2D eigenvalue weighted by Crippen LogP contribution is 2.20. The van der Waals surface area contributed by atoms with Gasteiger partial charge in [0, 0.05) is 11.3 Å². The molecule has 3 rings (SSSR count). The van der Waals surface area contributed by atoms with E-state index in [9.17, 15) is 14.4 Å². The lowest BCUT2D eigenvalue weighted by Gasteiger charge is -2.11. The van der Waals surface area contributed by atoms with Gasteiger partial charge in [0.15, 0.2) is 0 Å². The summed E-state index contributed by atoms with van der Waals surface area (Å²) in [4.78, 5) is 36.9. The second-order valence-corrected chi connectivity index (χ2v) is 7.66. The molecule has 0 aliphatic heterocycles. The van der Waals surface area contributed by atoms with Crippen LogP contribution >= 0.6 is 0 Å². The minimum Gasteiger partial charge on any atom is -0.422 e. The Bertz CT molecular complexity index is 1230. The SMILES string of the molecule is CC(=NNC(=O)C(=O)Nc1ccc(C)cc1C)c1ccccc1OC(=O)c1ccc(C)cc1. The lowest BCUT2D eigenvalue weighted by molar-refractivity contribution is -0.136. The number of benzene rings is 3. The Labute approximate surface area is 192 Å². The Hall–Kier alpha value is -4.26. The molecule has 0 aliphatic rings. The summed E-state index contributed by atoms with van der Waals surface area (Å²) >= 11 is 0. The average Bonchev–Trinajstić information content (AvgIpc) is 2.79. The molecule has 0 bridgehead atoms. The summed E-state index contributed by atoms with van der Waals surface area (Å²) in [5.74, 6) is -1.97.